The van der Waals surface area contributed by atoms with E-state index in [-0.39, 0.29) is 11.2 Å². The molecule has 1 aliphatic heterocycles. The standard InChI is InChI=1S/C21H26N2OS/c1-2-23-15-9-12-18(23)16-22-21(24)20(17-10-5-3-6-11-17)25-19-13-7-4-8-14-19/h3-8,10-11,13-14,18,20H,2,9,12,15-16H2,1H3,(H,22,24). The number of carbonyl (C=O) groups excluding carboxylic acids is 1. The first-order chi connectivity index (χ1) is 12.3. The van der Waals surface area contributed by atoms with Crippen LogP contribution < -0.4 is 5.32 Å². The van der Waals surface area contributed by atoms with E-state index < -0.39 is 0 Å². The zero-order chi connectivity index (χ0) is 17.5. The highest BCUT2D eigenvalue weighted by atomic mass is 32.2. The number of nitrogens with one attached hydrogen (secondary N) is 1. The topological polar surface area (TPSA) is 32.3 Å². The van der Waals surface area contributed by atoms with E-state index in [4.69, 9.17) is 0 Å². The van der Waals surface area contributed by atoms with Gasteiger partial charge in [0.1, 0.15) is 5.25 Å². The Morgan fingerprint density at radius 2 is 1.84 bits per heavy atom. The van der Waals surface area contributed by atoms with Gasteiger partial charge in [-0.15, -0.1) is 11.8 Å². The van der Waals surface area contributed by atoms with Crippen molar-refractivity contribution >= 4 is 17.7 Å². The summed E-state index contributed by atoms with van der Waals surface area (Å²) in [6.45, 7) is 5.14. The van der Waals surface area contributed by atoms with Crippen molar-refractivity contribution in [2.75, 3.05) is 19.6 Å². The smallest absolute Gasteiger partial charge is 0.238 e. The molecule has 1 saturated heterocycles. The van der Waals surface area contributed by atoms with Crippen LogP contribution in [0.5, 0.6) is 0 Å². The van der Waals surface area contributed by atoms with Crippen molar-refractivity contribution in [2.24, 2.45) is 0 Å². The summed E-state index contributed by atoms with van der Waals surface area (Å²) in [7, 11) is 0. The Morgan fingerprint density at radius 1 is 1.16 bits per heavy atom. The molecule has 25 heavy (non-hydrogen) atoms. The van der Waals surface area contributed by atoms with Gasteiger partial charge >= 0.3 is 0 Å². The predicted octanol–water partition coefficient (Wildman–Crippen LogP) is 4.12. The molecule has 1 fully saturated rings. The largest absolute Gasteiger partial charge is 0.353 e. The van der Waals surface area contributed by atoms with Crippen LogP contribution >= 0.6 is 11.8 Å². The summed E-state index contributed by atoms with van der Waals surface area (Å²) in [6.07, 6.45) is 2.41. The van der Waals surface area contributed by atoms with Gasteiger partial charge in [-0.05, 0) is 43.6 Å². The lowest BCUT2D eigenvalue weighted by Crippen LogP contribution is -2.41. The molecule has 2 aromatic rings. The zero-order valence-electron chi connectivity index (χ0n) is 14.7. The highest BCUT2D eigenvalue weighted by Gasteiger charge is 2.26. The van der Waals surface area contributed by atoms with Crippen molar-refractivity contribution in [1.29, 1.82) is 0 Å². The molecule has 0 saturated carbocycles. The Bertz CT molecular complexity index is 662. The molecule has 1 N–H and O–H groups in total. The molecule has 0 radical (unpaired) electrons. The van der Waals surface area contributed by atoms with E-state index in [1.807, 2.05) is 48.5 Å². The molecule has 4 heteroatoms. The lowest BCUT2D eigenvalue weighted by Gasteiger charge is -2.24. The molecular weight excluding hydrogens is 328 g/mol. The third-order valence-corrected chi connectivity index (χ3v) is 6.02. The molecule has 1 heterocycles. The molecule has 132 valence electrons. The van der Waals surface area contributed by atoms with Gasteiger partial charge < -0.3 is 5.32 Å². The number of carbonyl (C=O) groups is 1. The van der Waals surface area contributed by atoms with E-state index >= 15 is 0 Å². The molecule has 0 aliphatic carbocycles. The van der Waals surface area contributed by atoms with E-state index in [0.717, 1.165) is 30.1 Å². The minimum Gasteiger partial charge on any atom is -0.353 e. The first-order valence-electron chi connectivity index (χ1n) is 9.06. The monoisotopic (exact) mass is 354 g/mol. The van der Waals surface area contributed by atoms with Crippen molar-refractivity contribution in [3.8, 4) is 0 Å². The van der Waals surface area contributed by atoms with Crippen molar-refractivity contribution in [1.82, 2.24) is 10.2 Å². The van der Waals surface area contributed by atoms with Gasteiger partial charge in [0, 0.05) is 17.5 Å². The maximum absolute atomic E-state index is 12.9. The van der Waals surface area contributed by atoms with Crippen molar-refractivity contribution in [3.63, 3.8) is 0 Å². The third kappa shape index (κ3) is 4.86. The van der Waals surface area contributed by atoms with Gasteiger partial charge in [0.15, 0.2) is 0 Å². The van der Waals surface area contributed by atoms with Gasteiger partial charge in [-0.3, -0.25) is 9.69 Å². The van der Waals surface area contributed by atoms with Gasteiger partial charge in [-0.25, -0.2) is 0 Å². The first kappa shape index (κ1) is 18.0. The van der Waals surface area contributed by atoms with Crippen molar-refractivity contribution in [2.45, 2.75) is 36.0 Å². The molecule has 2 aromatic carbocycles. The third-order valence-electron chi connectivity index (χ3n) is 4.75. The summed E-state index contributed by atoms with van der Waals surface area (Å²) >= 11 is 1.61. The molecule has 3 rings (SSSR count). The normalized spacial score (nSPS) is 18.8. The average Bonchev–Trinajstić information content (AvgIpc) is 3.13. The van der Waals surface area contributed by atoms with E-state index in [2.05, 4.69) is 29.3 Å². The van der Waals surface area contributed by atoms with Crippen LogP contribution in [0.25, 0.3) is 0 Å². The average molecular weight is 355 g/mol. The van der Waals surface area contributed by atoms with E-state index in [9.17, 15) is 4.79 Å². The molecule has 1 aliphatic rings. The lowest BCUT2D eigenvalue weighted by molar-refractivity contribution is -0.120. The number of amides is 1. The zero-order valence-corrected chi connectivity index (χ0v) is 15.5. The second-order valence-corrected chi connectivity index (χ2v) is 7.57. The summed E-state index contributed by atoms with van der Waals surface area (Å²) < 4.78 is 0. The van der Waals surface area contributed by atoms with Gasteiger partial charge in [0.25, 0.3) is 0 Å². The molecule has 0 bridgehead atoms. The summed E-state index contributed by atoms with van der Waals surface area (Å²) in [6, 6.07) is 20.7. The number of benzene rings is 2. The fraction of sp³-hybridized carbons (Fsp3) is 0.381. The quantitative estimate of drug-likeness (QED) is 0.759. The summed E-state index contributed by atoms with van der Waals surface area (Å²) in [4.78, 5) is 16.5. The Kier molecular flexibility index (Phi) is 6.54. The fourth-order valence-corrected chi connectivity index (χ4v) is 4.46. The van der Waals surface area contributed by atoms with Crippen LogP contribution in [0.4, 0.5) is 0 Å². The van der Waals surface area contributed by atoms with Gasteiger partial charge in [-0.1, -0.05) is 55.5 Å². The Morgan fingerprint density at radius 3 is 2.52 bits per heavy atom. The molecule has 1 amide bonds. The number of likely N-dealkylation sites (N-methyl/N-ethyl adjacent to an activating group) is 1. The minimum absolute atomic E-state index is 0.100. The van der Waals surface area contributed by atoms with Crippen LogP contribution in [-0.4, -0.2) is 36.5 Å². The van der Waals surface area contributed by atoms with E-state index in [1.165, 1.54) is 12.8 Å². The minimum atomic E-state index is -0.222. The molecule has 3 nitrogen and oxygen atoms in total. The van der Waals surface area contributed by atoms with Crippen LogP contribution in [0.15, 0.2) is 65.6 Å². The Labute approximate surface area is 154 Å². The van der Waals surface area contributed by atoms with Gasteiger partial charge in [-0.2, -0.15) is 0 Å². The highest BCUT2D eigenvalue weighted by molar-refractivity contribution is 8.00. The van der Waals surface area contributed by atoms with Crippen LogP contribution in [0.1, 0.15) is 30.6 Å². The molecule has 2 unspecified atom stereocenters. The number of hydrogen-bond donors (Lipinski definition) is 1. The molecular formula is C21H26N2OS. The van der Waals surface area contributed by atoms with Crippen LogP contribution in [0, 0.1) is 0 Å². The van der Waals surface area contributed by atoms with E-state index in [0.29, 0.717) is 6.04 Å². The van der Waals surface area contributed by atoms with Gasteiger partial charge in [0.05, 0.1) is 0 Å². The van der Waals surface area contributed by atoms with Crippen LogP contribution in [0.3, 0.4) is 0 Å². The maximum atomic E-state index is 12.9. The highest BCUT2D eigenvalue weighted by Crippen LogP contribution is 2.35. The lowest BCUT2D eigenvalue weighted by atomic mass is 10.1. The SMILES string of the molecule is CCN1CCCC1CNC(=O)C(Sc1ccccc1)c1ccccc1. The Balaban J connectivity index is 1.69. The van der Waals surface area contributed by atoms with Gasteiger partial charge in [0.2, 0.25) is 5.91 Å². The second kappa shape index (κ2) is 9.07. The number of hydrogen-bond acceptors (Lipinski definition) is 3. The summed E-state index contributed by atoms with van der Waals surface area (Å²) in [5.41, 5.74) is 1.05. The summed E-state index contributed by atoms with van der Waals surface area (Å²) in [5, 5.41) is 2.98. The maximum Gasteiger partial charge on any atom is 0.238 e. The predicted molar refractivity (Wildman–Crippen MR) is 105 cm³/mol. The summed E-state index contributed by atoms with van der Waals surface area (Å²) in [5.74, 6) is 0.100. The fourth-order valence-electron chi connectivity index (χ4n) is 3.39. The molecule has 0 spiro atoms. The van der Waals surface area contributed by atoms with Crippen molar-refractivity contribution in [3.05, 3.63) is 66.2 Å². The van der Waals surface area contributed by atoms with Crippen LogP contribution in [-0.2, 0) is 4.79 Å². The first-order valence-corrected chi connectivity index (χ1v) is 9.94. The van der Waals surface area contributed by atoms with Crippen LogP contribution in [0.2, 0.25) is 0 Å². The number of nitrogens with zero attached hydrogens (tertiary/aromatic N) is 1. The number of rotatable bonds is 7. The van der Waals surface area contributed by atoms with E-state index in [1.54, 1.807) is 11.8 Å². The number of thioether (sulfide) groups is 1. The number of likely N-dealkylation sites (tertiary alicyclic amines) is 1. The Hall–Kier alpha value is -1.78. The molecule has 2 atom stereocenters. The second-order valence-electron chi connectivity index (χ2n) is 6.39. The molecule has 0 aromatic heterocycles. The van der Waals surface area contributed by atoms with Crippen molar-refractivity contribution < 1.29 is 4.79 Å².